The van der Waals surface area contributed by atoms with Gasteiger partial charge in [-0.3, -0.25) is 9.63 Å². The average molecular weight is 209 g/mol. The van der Waals surface area contributed by atoms with E-state index in [1.54, 1.807) is 7.05 Å². The van der Waals surface area contributed by atoms with Gasteiger partial charge in [0.15, 0.2) is 6.10 Å². The SMILES string of the molecule is COC(C(=O)N(C)OC)c1ccccc1. The number of carbonyl (C=O) groups is 1. The lowest BCUT2D eigenvalue weighted by Crippen LogP contribution is -2.31. The topological polar surface area (TPSA) is 38.8 Å². The smallest absolute Gasteiger partial charge is 0.279 e. The molecule has 0 N–H and O–H groups in total. The highest BCUT2D eigenvalue weighted by Gasteiger charge is 2.23. The van der Waals surface area contributed by atoms with E-state index < -0.39 is 6.10 Å². The van der Waals surface area contributed by atoms with Crippen LogP contribution in [0.3, 0.4) is 0 Å². The summed E-state index contributed by atoms with van der Waals surface area (Å²) in [5.74, 6) is -0.230. The zero-order valence-corrected chi connectivity index (χ0v) is 9.14. The zero-order chi connectivity index (χ0) is 11.3. The largest absolute Gasteiger partial charge is 0.367 e. The molecular formula is C11H15NO3. The van der Waals surface area contributed by atoms with E-state index in [2.05, 4.69) is 0 Å². The number of hydrogen-bond donors (Lipinski definition) is 0. The number of nitrogens with zero attached hydrogens (tertiary/aromatic N) is 1. The lowest BCUT2D eigenvalue weighted by Gasteiger charge is -2.20. The van der Waals surface area contributed by atoms with Crippen molar-refractivity contribution in [2.24, 2.45) is 0 Å². The van der Waals surface area contributed by atoms with Crippen molar-refractivity contribution in [1.29, 1.82) is 0 Å². The van der Waals surface area contributed by atoms with Crippen LogP contribution in [0.4, 0.5) is 0 Å². The molecular weight excluding hydrogens is 194 g/mol. The predicted octanol–water partition coefficient (Wildman–Crippen LogP) is 1.39. The molecule has 0 spiro atoms. The average Bonchev–Trinajstić information content (AvgIpc) is 2.30. The molecule has 0 fully saturated rings. The summed E-state index contributed by atoms with van der Waals surface area (Å²) in [4.78, 5) is 16.6. The monoisotopic (exact) mass is 209 g/mol. The van der Waals surface area contributed by atoms with Crippen LogP contribution in [-0.4, -0.2) is 32.2 Å². The van der Waals surface area contributed by atoms with Crippen molar-refractivity contribution in [1.82, 2.24) is 5.06 Å². The maximum absolute atomic E-state index is 11.8. The summed E-state index contributed by atoms with van der Waals surface area (Å²) in [7, 11) is 4.49. The molecule has 0 heterocycles. The van der Waals surface area contributed by atoms with Crippen LogP contribution in [-0.2, 0) is 14.4 Å². The lowest BCUT2D eigenvalue weighted by atomic mass is 10.1. The van der Waals surface area contributed by atoms with Gasteiger partial charge in [0.2, 0.25) is 0 Å². The molecule has 0 aliphatic rings. The summed E-state index contributed by atoms with van der Waals surface area (Å²) in [5, 5.41) is 1.15. The summed E-state index contributed by atoms with van der Waals surface area (Å²) < 4.78 is 5.15. The minimum absolute atomic E-state index is 0.230. The van der Waals surface area contributed by atoms with E-state index in [9.17, 15) is 4.79 Å². The van der Waals surface area contributed by atoms with Crippen LogP contribution < -0.4 is 0 Å². The Kier molecular flexibility index (Phi) is 4.27. The second-order valence-corrected chi connectivity index (χ2v) is 3.04. The van der Waals surface area contributed by atoms with E-state index in [-0.39, 0.29) is 5.91 Å². The molecule has 0 saturated carbocycles. The zero-order valence-electron chi connectivity index (χ0n) is 9.14. The molecule has 0 aliphatic heterocycles. The Balaban J connectivity index is 2.85. The molecule has 0 aromatic heterocycles. The number of rotatable bonds is 4. The quantitative estimate of drug-likeness (QED) is 0.703. The number of likely N-dealkylation sites (N-methyl/N-ethyl adjacent to an activating group) is 1. The Morgan fingerprint density at radius 3 is 2.33 bits per heavy atom. The molecule has 1 amide bonds. The Morgan fingerprint density at radius 2 is 1.87 bits per heavy atom. The summed E-state index contributed by atoms with van der Waals surface area (Å²) in [6.45, 7) is 0. The molecule has 1 rings (SSSR count). The maximum atomic E-state index is 11.8. The third-order valence-electron chi connectivity index (χ3n) is 2.15. The van der Waals surface area contributed by atoms with Gasteiger partial charge in [0.05, 0.1) is 7.11 Å². The van der Waals surface area contributed by atoms with Crippen LogP contribution >= 0.6 is 0 Å². The first-order valence-electron chi connectivity index (χ1n) is 4.60. The maximum Gasteiger partial charge on any atom is 0.279 e. The summed E-state index contributed by atoms with van der Waals surface area (Å²) >= 11 is 0. The van der Waals surface area contributed by atoms with Gasteiger partial charge in [0.1, 0.15) is 0 Å². The lowest BCUT2D eigenvalue weighted by molar-refractivity contribution is -0.179. The van der Waals surface area contributed by atoms with Crippen molar-refractivity contribution in [3.8, 4) is 0 Å². The molecule has 4 heteroatoms. The van der Waals surface area contributed by atoms with E-state index >= 15 is 0 Å². The van der Waals surface area contributed by atoms with Crippen LogP contribution in [0.2, 0.25) is 0 Å². The molecule has 1 aromatic rings. The van der Waals surface area contributed by atoms with E-state index in [0.29, 0.717) is 0 Å². The molecule has 0 bridgehead atoms. The molecule has 15 heavy (non-hydrogen) atoms. The molecule has 1 atom stereocenters. The first-order chi connectivity index (χ1) is 7.20. The Labute approximate surface area is 89.4 Å². The molecule has 1 unspecified atom stereocenters. The standard InChI is InChI=1S/C11H15NO3/c1-12(15-3)11(13)10(14-2)9-7-5-4-6-8-9/h4-8,10H,1-3H3. The van der Waals surface area contributed by atoms with Crippen molar-refractivity contribution < 1.29 is 14.4 Å². The second-order valence-electron chi connectivity index (χ2n) is 3.04. The molecule has 82 valence electrons. The van der Waals surface area contributed by atoms with Gasteiger partial charge >= 0.3 is 0 Å². The first-order valence-corrected chi connectivity index (χ1v) is 4.60. The minimum Gasteiger partial charge on any atom is -0.367 e. The van der Waals surface area contributed by atoms with Crippen molar-refractivity contribution in [2.75, 3.05) is 21.3 Å². The summed E-state index contributed by atoms with van der Waals surface area (Å²) in [6.07, 6.45) is -0.615. The summed E-state index contributed by atoms with van der Waals surface area (Å²) in [5.41, 5.74) is 0.814. The van der Waals surface area contributed by atoms with Crippen molar-refractivity contribution in [3.63, 3.8) is 0 Å². The number of carbonyl (C=O) groups excluding carboxylic acids is 1. The van der Waals surface area contributed by atoms with Crippen LogP contribution in [0.1, 0.15) is 11.7 Å². The van der Waals surface area contributed by atoms with Gasteiger partial charge in [-0.05, 0) is 5.56 Å². The number of hydrogen-bond acceptors (Lipinski definition) is 3. The van der Waals surface area contributed by atoms with E-state index in [0.717, 1.165) is 10.6 Å². The summed E-state index contributed by atoms with van der Waals surface area (Å²) in [6, 6.07) is 9.30. The van der Waals surface area contributed by atoms with Crippen molar-refractivity contribution in [2.45, 2.75) is 6.10 Å². The fourth-order valence-electron chi connectivity index (χ4n) is 1.26. The van der Waals surface area contributed by atoms with Gasteiger partial charge in [-0.2, -0.15) is 0 Å². The van der Waals surface area contributed by atoms with Gasteiger partial charge in [-0.15, -0.1) is 0 Å². The van der Waals surface area contributed by atoms with Crippen LogP contribution in [0.25, 0.3) is 0 Å². The minimum atomic E-state index is -0.615. The fraction of sp³-hybridized carbons (Fsp3) is 0.364. The normalized spacial score (nSPS) is 12.2. The third kappa shape index (κ3) is 2.78. The van der Waals surface area contributed by atoms with Crippen molar-refractivity contribution >= 4 is 5.91 Å². The predicted molar refractivity (Wildman–Crippen MR) is 56.0 cm³/mol. The van der Waals surface area contributed by atoms with Crippen LogP contribution in [0.15, 0.2) is 30.3 Å². The molecule has 0 radical (unpaired) electrons. The molecule has 0 saturated heterocycles. The first kappa shape index (κ1) is 11.7. The number of hydroxylamine groups is 2. The molecule has 4 nitrogen and oxygen atoms in total. The molecule has 1 aromatic carbocycles. The van der Waals surface area contributed by atoms with Crippen LogP contribution in [0.5, 0.6) is 0 Å². The van der Waals surface area contributed by atoms with Gasteiger partial charge in [-0.25, -0.2) is 5.06 Å². The fourth-order valence-corrected chi connectivity index (χ4v) is 1.26. The van der Waals surface area contributed by atoms with Gasteiger partial charge in [-0.1, -0.05) is 30.3 Å². The highest BCUT2D eigenvalue weighted by molar-refractivity contribution is 5.81. The third-order valence-corrected chi connectivity index (χ3v) is 2.15. The molecule has 0 aliphatic carbocycles. The Hall–Kier alpha value is -1.39. The Bertz CT molecular complexity index is 313. The number of ether oxygens (including phenoxy) is 1. The number of amides is 1. The van der Waals surface area contributed by atoms with Crippen molar-refractivity contribution in [3.05, 3.63) is 35.9 Å². The number of benzene rings is 1. The number of methoxy groups -OCH3 is 1. The van der Waals surface area contributed by atoms with Crippen LogP contribution in [0, 0.1) is 0 Å². The van der Waals surface area contributed by atoms with Gasteiger partial charge in [0.25, 0.3) is 5.91 Å². The van der Waals surface area contributed by atoms with E-state index in [1.165, 1.54) is 14.2 Å². The highest BCUT2D eigenvalue weighted by Crippen LogP contribution is 2.18. The Morgan fingerprint density at radius 1 is 1.27 bits per heavy atom. The van der Waals surface area contributed by atoms with Gasteiger partial charge in [0, 0.05) is 14.2 Å². The second kappa shape index (κ2) is 5.48. The van der Waals surface area contributed by atoms with E-state index in [4.69, 9.17) is 9.57 Å². The van der Waals surface area contributed by atoms with Gasteiger partial charge < -0.3 is 4.74 Å². The highest BCUT2D eigenvalue weighted by atomic mass is 16.7. The van der Waals surface area contributed by atoms with E-state index in [1.807, 2.05) is 30.3 Å².